The van der Waals surface area contributed by atoms with E-state index in [1.54, 1.807) is 0 Å². The van der Waals surface area contributed by atoms with Crippen LogP contribution in [-0.2, 0) is 0 Å². The first-order valence-electron chi connectivity index (χ1n) is 17.0. The molecule has 0 atom stereocenters. The van der Waals surface area contributed by atoms with Crippen LogP contribution >= 0.6 is 0 Å². The fraction of sp³-hybridized carbons (Fsp3) is 0. The van der Waals surface area contributed by atoms with Crippen LogP contribution in [-0.4, -0.2) is 11.3 Å². The van der Waals surface area contributed by atoms with Crippen molar-refractivity contribution < 1.29 is 4.42 Å². The lowest BCUT2D eigenvalue weighted by Gasteiger charge is -2.30. The molecule has 49 heavy (non-hydrogen) atoms. The molecule has 3 heterocycles. The predicted molar refractivity (Wildman–Crippen MR) is 208 cm³/mol. The van der Waals surface area contributed by atoms with Gasteiger partial charge >= 0.3 is 0 Å². The molecule has 226 valence electrons. The van der Waals surface area contributed by atoms with E-state index in [2.05, 4.69) is 174 Å². The Labute approximate surface area is 283 Å². The van der Waals surface area contributed by atoms with Crippen molar-refractivity contribution in [1.29, 1.82) is 0 Å². The minimum atomic E-state index is -0.0428. The van der Waals surface area contributed by atoms with Crippen molar-refractivity contribution in [3.05, 3.63) is 170 Å². The van der Waals surface area contributed by atoms with Gasteiger partial charge in [0.2, 0.25) is 6.71 Å². The number of hydrogen-bond donors (Lipinski definition) is 0. The lowest BCUT2D eigenvalue weighted by Crippen LogP contribution is -2.57. The van der Waals surface area contributed by atoms with Crippen LogP contribution in [0.2, 0.25) is 0 Å². The van der Waals surface area contributed by atoms with E-state index < -0.39 is 0 Å². The minimum Gasteiger partial charge on any atom is -0.456 e. The number of aromatic nitrogens is 1. The second kappa shape index (κ2) is 10.1. The molecule has 0 unspecified atom stereocenters. The van der Waals surface area contributed by atoms with Crippen LogP contribution < -0.4 is 16.4 Å². The third-order valence-corrected chi connectivity index (χ3v) is 10.6. The Morgan fingerprint density at radius 3 is 1.78 bits per heavy atom. The highest BCUT2D eigenvalue weighted by atomic mass is 16.3. The summed E-state index contributed by atoms with van der Waals surface area (Å²) < 4.78 is 9.27. The number of para-hydroxylation sites is 2. The molecular formula is C46H28BNO. The van der Waals surface area contributed by atoms with E-state index in [9.17, 15) is 0 Å². The molecule has 2 nitrogen and oxygen atoms in total. The summed E-state index contributed by atoms with van der Waals surface area (Å²) in [6.07, 6.45) is 0. The summed E-state index contributed by atoms with van der Waals surface area (Å²) >= 11 is 0. The maximum absolute atomic E-state index is 6.76. The summed E-state index contributed by atoms with van der Waals surface area (Å²) in [5, 5.41) is 7.25. The molecule has 1 aliphatic heterocycles. The van der Waals surface area contributed by atoms with Gasteiger partial charge in [-0.25, -0.2) is 0 Å². The zero-order valence-electron chi connectivity index (χ0n) is 26.6. The highest BCUT2D eigenvalue weighted by molar-refractivity contribution is 6.99. The maximum atomic E-state index is 6.76. The van der Waals surface area contributed by atoms with Gasteiger partial charge < -0.3 is 8.98 Å². The van der Waals surface area contributed by atoms with Crippen molar-refractivity contribution in [2.75, 3.05) is 0 Å². The molecule has 0 radical (unpaired) electrons. The SMILES string of the molecule is c1ccc(-c2cccc(-c3ccccc3)c2B2c3cc4oc5cc6ccccc6cc5c4cc3-n3c4ccccc4c4cccc2c43)cc1. The lowest BCUT2D eigenvalue weighted by molar-refractivity contribution is 0.669. The number of benzene rings is 8. The molecule has 11 rings (SSSR count). The molecule has 10 aromatic rings. The van der Waals surface area contributed by atoms with Crippen LogP contribution in [0, 0.1) is 0 Å². The van der Waals surface area contributed by atoms with Crippen LogP contribution in [0.5, 0.6) is 0 Å². The van der Waals surface area contributed by atoms with Gasteiger partial charge in [-0.05, 0) is 74.3 Å². The molecule has 1 aliphatic rings. The van der Waals surface area contributed by atoms with E-state index in [0.29, 0.717) is 0 Å². The molecule has 0 spiro atoms. The van der Waals surface area contributed by atoms with Crippen LogP contribution in [0.1, 0.15) is 0 Å². The molecule has 0 aliphatic carbocycles. The summed E-state index contributed by atoms with van der Waals surface area (Å²) in [4.78, 5) is 0. The number of hydrogen-bond acceptors (Lipinski definition) is 1. The molecule has 0 saturated carbocycles. The third-order valence-electron chi connectivity index (χ3n) is 10.6. The van der Waals surface area contributed by atoms with Crippen LogP contribution in [0.4, 0.5) is 0 Å². The largest absolute Gasteiger partial charge is 0.456 e. The van der Waals surface area contributed by atoms with Crippen LogP contribution in [0.3, 0.4) is 0 Å². The fourth-order valence-electron chi connectivity index (χ4n) is 8.56. The Morgan fingerprint density at radius 2 is 1.02 bits per heavy atom. The molecule has 0 saturated heterocycles. The van der Waals surface area contributed by atoms with Crippen molar-refractivity contribution in [3.63, 3.8) is 0 Å². The average Bonchev–Trinajstić information content (AvgIpc) is 3.69. The highest BCUT2D eigenvalue weighted by Gasteiger charge is 2.37. The highest BCUT2D eigenvalue weighted by Crippen LogP contribution is 2.38. The Morgan fingerprint density at radius 1 is 0.429 bits per heavy atom. The van der Waals surface area contributed by atoms with Gasteiger partial charge in [0.15, 0.2) is 0 Å². The summed E-state index contributed by atoms with van der Waals surface area (Å²) in [5.74, 6) is 0. The standard InChI is InChI=1S/C46H28BNO/c1-3-13-29(14-4-1)33-20-11-21-34(30-15-5-2-6-16-30)45(33)47-39-23-12-22-36-35-19-9-10-24-41(35)48(46(36)39)42-27-38-37-25-31-17-7-8-18-32(31)26-43(37)49-44(38)28-40(42)47/h1-28H. The van der Waals surface area contributed by atoms with Crippen LogP contribution in [0.25, 0.3) is 82.5 Å². The summed E-state index contributed by atoms with van der Waals surface area (Å²) in [7, 11) is 0. The molecule has 0 bridgehead atoms. The molecule has 2 aromatic heterocycles. The van der Waals surface area contributed by atoms with Gasteiger partial charge in [0, 0.05) is 32.7 Å². The number of nitrogens with zero attached hydrogens (tertiary/aromatic N) is 1. The second-order valence-corrected chi connectivity index (χ2v) is 13.2. The smallest absolute Gasteiger partial charge is 0.248 e. The first-order chi connectivity index (χ1) is 24.3. The first-order valence-corrected chi connectivity index (χ1v) is 17.0. The third kappa shape index (κ3) is 3.79. The van der Waals surface area contributed by atoms with E-state index in [1.807, 2.05) is 0 Å². The summed E-state index contributed by atoms with van der Waals surface area (Å²) in [6, 6.07) is 62.0. The molecule has 0 N–H and O–H groups in total. The van der Waals surface area contributed by atoms with Gasteiger partial charge in [0.05, 0.1) is 5.52 Å². The van der Waals surface area contributed by atoms with Crippen molar-refractivity contribution >= 4 is 77.6 Å². The van der Waals surface area contributed by atoms with Crippen molar-refractivity contribution in [2.24, 2.45) is 0 Å². The predicted octanol–water partition coefficient (Wildman–Crippen LogP) is 10.00. The zero-order valence-corrected chi connectivity index (χ0v) is 26.6. The van der Waals surface area contributed by atoms with E-state index in [-0.39, 0.29) is 6.71 Å². The Balaban J connectivity index is 1.32. The van der Waals surface area contributed by atoms with E-state index >= 15 is 0 Å². The Kier molecular flexibility index (Phi) is 5.50. The molecule has 8 aromatic carbocycles. The second-order valence-electron chi connectivity index (χ2n) is 13.2. The number of fused-ring (bicyclic) bond motifs is 9. The van der Waals surface area contributed by atoms with Gasteiger partial charge in [0.1, 0.15) is 11.2 Å². The number of furan rings is 1. The van der Waals surface area contributed by atoms with Crippen molar-refractivity contribution in [2.45, 2.75) is 0 Å². The number of rotatable bonds is 3. The molecule has 0 amide bonds. The van der Waals surface area contributed by atoms with E-state index in [1.165, 1.54) is 76.9 Å². The fourth-order valence-corrected chi connectivity index (χ4v) is 8.56. The monoisotopic (exact) mass is 621 g/mol. The lowest BCUT2D eigenvalue weighted by atomic mass is 9.34. The van der Waals surface area contributed by atoms with Gasteiger partial charge in [-0.3, -0.25) is 0 Å². The molecule has 3 heteroatoms. The first kappa shape index (κ1) is 26.7. The normalized spacial score (nSPS) is 12.4. The quantitative estimate of drug-likeness (QED) is 0.180. The topological polar surface area (TPSA) is 18.1 Å². The molecule has 0 fully saturated rings. The van der Waals surface area contributed by atoms with Gasteiger partial charge in [-0.15, -0.1) is 0 Å². The minimum absolute atomic E-state index is 0.0428. The Bertz CT molecular complexity index is 2880. The van der Waals surface area contributed by atoms with Gasteiger partial charge in [-0.2, -0.15) is 0 Å². The van der Waals surface area contributed by atoms with Crippen molar-refractivity contribution in [1.82, 2.24) is 4.57 Å². The molecular weight excluding hydrogens is 593 g/mol. The van der Waals surface area contributed by atoms with Crippen LogP contribution in [0.15, 0.2) is 174 Å². The Hall–Kier alpha value is -6.32. The van der Waals surface area contributed by atoms with E-state index in [4.69, 9.17) is 4.42 Å². The summed E-state index contributed by atoms with van der Waals surface area (Å²) in [5.41, 5.74) is 14.3. The van der Waals surface area contributed by atoms with Crippen molar-refractivity contribution in [3.8, 4) is 27.9 Å². The van der Waals surface area contributed by atoms with Gasteiger partial charge in [0.25, 0.3) is 0 Å². The average molecular weight is 622 g/mol. The van der Waals surface area contributed by atoms with E-state index in [0.717, 1.165) is 21.9 Å². The zero-order chi connectivity index (χ0) is 32.1. The van der Waals surface area contributed by atoms with Gasteiger partial charge in [-0.1, -0.05) is 145 Å². The maximum Gasteiger partial charge on any atom is 0.248 e. The summed E-state index contributed by atoms with van der Waals surface area (Å²) in [6.45, 7) is -0.0428.